The third-order valence-electron chi connectivity index (χ3n) is 3.13. The standard InChI is InChI=1S/C17H11Cl2N3O2S2/c18-12-3-1-2-11(15(12)19)13-6-4-10(24-13)5-7-14(23)21-16(25)22-17-20-8-9-26-17/h1-9H,(H2,20,21,22,23,25). The number of anilines is 1. The molecule has 2 heterocycles. The molecule has 0 saturated heterocycles. The molecule has 0 radical (unpaired) electrons. The van der Waals surface area contributed by atoms with Gasteiger partial charge in [-0.25, -0.2) is 4.98 Å². The molecule has 2 N–H and O–H groups in total. The Morgan fingerprint density at radius 2 is 2.12 bits per heavy atom. The minimum absolute atomic E-state index is 0.167. The van der Waals surface area contributed by atoms with E-state index in [1.165, 1.54) is 23.5 Å². The van der Waals surface area contributed by atoms with Crippen LogP contribution in [0.25, 0.3) is 17.4 Å². The van der Waals surface area contributed by atoms with Gasteiger partial charge < -0.3 is 9.73 Å². The van der Waals surface area contributed by atoms with E-state index in [1.54, 1.807) is 41.9 Å². The smallest absolute Gasteiger partial charge is 0.250 e. The van der Waals surface area contributed by atoms with Gasteiger partial charge in [0.2, 0.25) is 5.91 Å². The number of rotatable bonds is 4. The van der Waals surface area contributed by atoms with Gasteiger partial charge in [-0.15, -0.1) is 11.3 Å². The lowest BCUT2D eigenvalue weighted by Crippen LogP contribution is -2.32. The largest absolute Gasteiger partial charge is 0.457 e. The molecule has 3 aromatic rings. The van der Waals surface area contributed by atoms with Gasteiger partial charge in [0.25, 0.3) is 0 Å². The van der Waals surface area contributed by atoms with Crippen LogP contribution in [-0.2, 0) is 4.79 Å². The van der Waals surface area contributed by atoms with Gasteiger partial charge in [0.05, 0.1) is 10.0 Å². The van der Waals surface area contributed by atoms with Crippen LogP contribution >= 0.6 is 46.8 Å². The van der Waals surface area contributed by atoms with Gasteiger partial charge >= 0.3 is 0 Å². The lowest BCUT2D eigenvalue weighted by Gasteiger charge is -2.04. The Morgan fingerprint density at radius 3 is 2.88 bits per heavy atom. The highest BCUT2D eigenvalue weighted by Crippen LogP contribution is 2.34. The Balaban J connectivity index is 1.62. The van der Waals surface area contributed by atoms with E-state index in [-0.39, 0.29) is 5.11 Å². The number of halogens is 2. The number of nitrogens with one attached hydrogen (secondary N) is 2. The Kier molecular flexibility index (Phi) is 6.05. The van der Waals surface area contributed by atoms with Crippen LogP contribution in [0.4, 0.5) is 5.13 Å². The summed E-state index contributed by atoms with van der Waals surface area (Å²) in [6.45, 7) is 0. The van der Waals surface area contributed by atoms with Crippen LogP contribution < -0.4 is 10.6 Å². The zero-order valence-corrected chi connectivity index (χ0v) is 16.2. The fourth-order valence-electron chi connectivity index (χ4n) is 2.01. The number of aromatic nitrogens is 1. The summed E-state index contributed by atoms with van der Waals surface area (Å²) in [5.74, 6) is 0.654. The van der Waals surface area contributed by atoms with E-state index in [2.05, 4.69) is 15.6 Å². The van der Waals surface area contributed by atoms with E-state index in [0.29, 0.717) is 32.3 Å². The predicted molar refractivity (Wildman–Crippen MR) is 110 cm³/mol. The fraction of sp³-hybridized carbons (Fsp3) is 0. The number of thiocarbonyl (C=S) groups is 1. The summed E-state index contributed by atoms with van der Waals surface area (Å²) in [5.41, 5.74) is 0.678. The molecule has 0 aliphatic heterocycles. The van der Waals surface area contributed by atoms with Crippen molar-refractivity contribution in [2.75, 3.05) is 5.32 Å². The summed E-state index contributed by atoms with van der Waals surface area (Å²) < 4.78 is 5.68. The number of thiazole rings is 1. The number of hydrogen-bond acceptors (Lipinski definition) is 5. The van der Waals surface area contributed by atoms with Crippen LogP contribution in [0, 0.1) is 0 Å². The van der Waals surface area contributed by atoms with E-state index in [1.807, 2.05) is 0 Å². The highest BCUT2D eigenvalue weighted by molar-refractivity contribution is 7.80. The number of nitrogens with zero attached hydrogens (tertiary/aromatic N) is 1. The van der Waals surface area contributed by atoms with Crippen LogP contribution in [-0.4, -0.2) is 16.0 Å². The van der Waals surface area contributed by atoms with Gasteiger partial charge in [-0.3, -0.25) is 10.1 Å². The first-order valence-corrected chi connectivity index (χ1v) is 9.31. The van der Waals surface area contributed by atoms with Gasteiger partial charge in [-0.1, -0.05) is 29.3 Å². The van der Waals surface area contributed by atoms with Crippen molar-refractivity contribution in [3.05, 3.63) is 63.8 Å². The van der Waals surface area contributed by atoms with Gasteiger partial charge in [0.1, 0.15) is 11.5 Å². The monoisotopic (exact) mass is 423 g/mol. The van der Waals surface area contributed by atoms with Crippen molar-refractivity contribution in [1.82, 2.24) is 10.3 Å². The molecule has 0 bridgehead atoms. The highest BCUT2D eigenvalue weighted by Gasteiger charge is 2.10. The molecule has 0 fully saturated rings. The lowest BCUT2D eigenvalue weighted by molar-refractivity contribution is -0.115. The lowest BCUT2D eigenvalue weighted by atomic mass is 10.2. The van der Waals surface area contributed by atoms with E-state index < -0.39 is 5.91 Å². The van der Waals surface area contributed by atoms with Gasteiger partial charge in [0.15, 0.2) is 10.2 Å². The predicted octanol–water partition coefficient (Wildman–Crippen LogP) is 5.24. The first-order valence-electron chi connectivity index (χ1n) is 7.26. The second-order valence-corrected chi connectivity index (χ2v) is 7.01. The molecule has 0 spiro atoms. The second kappa shape index (κ2) is 8.46. The first-order chi connectivity index (χ1) is 12.5. The van der Waals surface area contributed by atoms with Crippen molar-refractivity contribution in [1.29, 1.82) is 0 Å². The van der Waals surface area contributed by atoms with E-state index in [4.69, 9.17) is 39.8 Å². The van der Waals surface area contributed by atoms with Crippen molar-refractivity contribution in [2.45, 2.75) is 0 Å². The van der Waals surface area contributed by atoms with Gasteiger partial charge in [-0.2, -0.15) is 0 Å². The summed E-state index contributed by atoms with van der Waals surface area (Å²) >= 11 is 18.6. The molecule has 3 rings (SSSR count). The molecule has 26 heavy (non-hydrogen) atoms. The maximum atomic E-state index is 11.9. The fourth-order valence-corrected chi connectivity index (χ4v) is 3.20. The minimum Gasteiger partial charge on any atom is -0.457 e. The number of carbonyl (C=O) groups is 1. The average molecular weight is 424 g/mol. The van der Waals surface area contributed by atoms with E-state index in [0.717, 1.165) is 0 Å². The van der Waals surface area contributed by atoms with Gasteiger partial charge in [-0.05, 0) is 42.6 Å². The van der Waals surface area contributed by atoms with Crippen molar-refractivity contribution in [2.24, 2.45) is 0 Å². The maximum Gasteiger partial charge on any atom is 0.250 e. The number of carbonyl (C=O) groups excluding carboxylic acids is 1. The molecule has 0 unspecified atom stereocenters. The molecule has 5 nitrogen and oxygen atoms in total. The quantitative estimate of drug-likeness (QED) is 0.443. The van der Waals surface area contributed by atoms with Crippen LogP contribution in [0.15, 0.2) is 52.4 Å². The highest BCUT2D eigenvalue weighted by atomic mass is 35.5. The SMILES string of the molecule is O=C(C=Cc1ccc(-c2cccc(Cl)c2Cl)o1)NC(=S)Nc1nccs1. The molecular formula is C17H11Cl2N3O2S2. The third kappa shape index (κ3) is 4.70. The van der Waals surface area contributed by atoms with Crippen molar-refractivity contribution < 1.29 is 9.21 Å². The minimum atomic E-state index is -0.391. The van der Waals surface area contributed by atoms with Crippen LogP contribution in [0.2, 0.25) is 10.0 Å². The average Bonchev–Trinajstić information content (AvgIpc) is 3.27. The molecular weight excluding hydrogens is 413 g/mol. The summed E-state index contributed by atoms with van der Waals surface area (Å²) in [6.07, 6.45) is 4.49. The van der Waals surface area contributed by atoms with E-state index in [9.17, 15) is 4.79 Å². The Morgan fingerprint density at radius 1 is 1.27 bits per heavy atom. The summed E-state index contributed by atoms with van der Waals surface area (Å²) in [5, 5.41) is 8.76. The van der Waals surface area contributed by atoms with Gasteiger partial charge in [0, 0.05) is 23.2 Å². The molecule has 0 atom stereocenters. The zero-order valence-electron chi connectivity index (χ0n) is 13.0. The molecule has 1 aromatic carbocycles. The van der Waals surface area contributed by atoms with E-state index >= 15 is 0 Å². The molecule has 9 heteroatoms. The number of hydrogen-bond donors (Lipinski definition) is 2. The normalized spacial score (nSPS) is 10.8. The number of amides is 1. The third-order valence-corrected chi connectivity index (χ3v) is 4.84. The molecule has 132 valence electrons. The molecule has 2 aromatic heterocycles. The number of benzene rings is 1. The molecule has 0 aliphatic rings. The van der Waals surface area contributed by atoms with Crippen molar-refractivity contribution in [3.63, 3.8) is 0 Å². The van der Waals surface area contributed by atoms with Crippen LogP contribution in [0.5, 0.6) is 0 Å². The molecule has 0 saturated carbocycles. The zero-order chi connectivity index (χ0) is 18.5. The summed E-state index contributed by atoms with van der Waals surface area (Å²) in [4.78, 5) is 15.9. The molecule has 1 amide bonds. The van der Waals surface area contributed by atoms with Crippen molar-refractivity contribution in [3.8, 4) is 11.3 Å². The Hall–Kier alpha value is -2.19. The Bertz CT molecular complexity index is 968. The first kappa shape index (κ1) is 18.6. The van der Waals surface area contributed by atoms with Crippen molar-refractivity contribution >= 4 is 69.0 Å². The van der Waals surface area contributed by atoms with Crippen LogP contribution in [0.3, 0.4) is 0 Å². The van der Waals surface area contributed by atoms with Crippen LogP contribution in [0.1, 0.15) is 5.76 Å². The summed E-state index contributed by atoms with van der Waals surface area (Å²) in [6, 6.07) is 8.76. The number of furan rings is 1. The Labute approximate surface area is 168 Å². The molecule has 0 aliphatic carbocycles. The maximum absolute atomic E-state index is 11.9. The topological polar surface area (TPSA) is 67.2 Å². The second-order valence-electron chi connectivity index (χ2n) is 4.92. The summed E-state index contributed by atoms with van der Waals surface area (Å²) in [7, 11) is 0.